The Morgan fingerprint density at radius 2 is 1.75 bits per heavy atom. The van der Waals surface area contributed by atoms with Crippen LogP contribution >= 0.6 is 11.6 Å². The highest BCUT2D eigenvalue weighted by Gasteiger charge is 2.25. The molecule has 2 heterocycles. The number of carbonyl (C=O) groups excluding carboxylic acids is 1. The van der Waals surface area contributed by atoms with E-state index in [0.29, 0.717) is 32.5 Å². The molecule has 6 heteroatoms. The summed E-state index contributed by atoms with van der Waals surface area (Å²) in [6.07, 6.45) is 0. The molecule has 1 amide bonds. The SMILES string of the molecule is Cc1[nH]n(-c2ccc3ccccc3c2)c(=O)c1C1=c2cc(Cl)ccc2=NC1=O. The summed E-state index contributed by atoms with van der Waals surface area (Å²) < 4.78 is 1.46. The number of nitrogens with one attached hydrogen (secondary N) is 1. The van der Waals surface area contributed by atoms with Crippen molar-refractivity contribution in [2.24, 2.45) is 4.99 Å². The predicted octanol–water partition coefficient (Wildman–Crippen LogP) is 2.64. The minimum atomic E-state index is -0.429. The maximum absolute atomic E-state index is 13.2. The van der Waals surface area contributed by atoms with Gasteiger partial charge in [-0.2, -0.15) is 0 Å². The number of aromatic amines is 1. The van der Waals surface area contributed by atoms with Gasteiger partial charge in [-0.15, -0.1) is 0 Å². The summed E-state index contributed by atoms with van der Waals surface area (Å²) in [5.74, 6) is -0.429. The van der Waals surface area contributed by atoms with Gasteiger partial charge in [0.15, 0.2) is 0 Å². The fourth-order valence-electron chi connectivity index (χ4n) is 3.67. The lowest BCUT2D eigenvalue weighted by Gasteiger charge is -2.04. The van der Waals surface area contributed by atoms with Crippen LogP contribution in [0.1, 0.15) is 11.3 Å². The summed E-state index contributed by atoms with van der Waals surface area (Å²) in [7, 11) is 0. The first kappa shape index (κ1) is 16.7. The first-order chi connectivity index (χ1) is 13.5. The minimum absolute atomic E-state index is 0.288. The standard InChI is InChI=1S/C22H14ClN3O2/c1-12-19(20-17-11-15(23)7-9-18(17)24-21(20)27)22(28)26(25-12)16-8-6-13-4-2-3-5-14(13)10-16/h2-11,25H,1H3. The van der Waals surface area contributed by atoms with Gasteiger partial charge in [-0.3, -0.25) is 14.7 Å². The third-order valence-corrected chi connectivity index (χ3v) is 5.21. The topological polar surface area (TPSA) is 67.2 Å². The van der Waals surface area contributed by atoms with Crippen LogP contribution in [-0.2, 0) is 4.79 Å². The molecule has 0 saturated heterocycles. The zero-order chi connectivity index (χ0) is 19.4. The molecule has 0 atom stereocenters. The average molecular weight is 388 g/mol. The van der Waals surface area contributed by atoms with E-state index in [1.54, 1.807) is 25.1 Å². The number of hydrogen-bond donors (Lipinski definition) is 1. The summed E-state index contributed by atoms with van der Waals surface area (Å²) in [6, 6.07) is 18.7. The highest BCUT2D eigenvalue weighted by Crippen LogP contribution is 2.20. The number of aryl methyl sites for hydroxylation is 1. The van der Waals surface area contributed by atoms with Crippen molar-refractivity contribution in [3.63, 3.8) is 0 Å². The van der Waals surface area contributed by atoms with Crippen molar-refractivity contribution in [1.82, 2.24) is 9.78 Å². The maximum atomic E-state index is 13.2. The van der Waals surface area contributed by atoms with Crippen LogP contribution in [0.25, 0.3) is 22.0 Å². The van der Waals surface area contributed by atoms with Crippen molar-refractivity contribution in [3.8, 4) is 5.69 Å². The van der Waals surface area contributed by atoms with Crippen LogP contribution in [0.3, 0.4) is 0 Å². The van der Waals surface area contributed by atoms with Crippen molar-refractivity contribution in [1.29, 1.82) is 0 Å². The lowest BCUT2D eigenvalue weighted by Crippen LogP contribution is -2.25. The highest BCUT2D eigenvalue weighted by atomic mass is 35.5. The molecular weight excluding hydrogens is 374 g/mol. The van der Waals surface area contributed by atoms with Gasteiger partial charge in [0.1, 0.15) is 0 Å². The smallest absolute Gasteiger partial charge is 0.279 e. The second-order valence-corrected chi connectivity index (χ2v) is 7.17. The summed E-state index contributed by atoms with van der Waals surface area (Å²) in [5.41, 5.74) is 1.62. The number of halogens is 1. The van der Waals surface area contributed by atoms with Gasteiger partial charge >= 0.3 is 0 Å². The Morgan fingerprint density at radius 1 is 0.964 bits per heavy atom. The third-order valence-electron chi connectivity index (χ3n) is 4.98. The van der Waals surface area contributed by atoms with E-state index < -0.39 is 5.91 Å². The summed E-state index contributed by atoms with van der Waals surface area (Å²) in [6.45, 7) is 1.77. The number of H-pyrrole nitrogens is 1. The molecule has 5 rings (SSSR count). The Balaban J connectivity index is 1.77. The largest absolute Gasteiger partial charge is 0.295 e. The monoisotopic (exact) mass is 387 g/mol. The van der Waals surface area contributed by atoms with E-state index in [1.807, 2.05) is 42.5 Å². The van der Waals surface area contributed by atoms with Crippen molar-refractivity contribution in [2.75, 3.05) is 0 Å². The van der Waals surface area contributed by atoms with Gasteiger partial charge in [0.05, 0.1) is 22.2 Å². The van der Waals surface area contributed by atoms with E-state index in [9.17, 15) is 9.59 Å². The van der Waals surface area contributed by atoms with Gasteiger partial charge in [0.2, 0.25) is 0 Å². The van der Waals surface area contributed by atoms with E-state index in [4.69, 9.17) is 11.6 Å². The molecule has 4 aromatic rings. The van der Waals surface area contributed by atoms with Crippen LogP contribution in [0.4, 0.5) is 0 Å². The van der Waals surface area contributed by atoms with Crippen LogP contribution < -0.4 is 16.1 Å². The highest BCUT2D eigenvalue weighted by molar-refractivity contribution is 6.30. The molecule has 28 heavy (non-hydrogen) atoms. The van der Waals surface area contributed by atoms with Gasteiger partial charge < -0.3 is 0 Å². The third kappa shape index (κ3) is 2.44. The zero-order valence-corrected chi connectivity index (χ0v) is 15.6. The molecule has 0 fully saturated rings. The van der Waals surface area contributed by atoms with Gasteiger partial charge in [-0.05, 0) is 48.0 Å². The minimum Gasteiger partial charge on any atom is -0.295 e. The van der Waals surface area contributed by atoms with Gasteiger partial charge in [-0.25, -0.2) is 9.67 Å². The fraction of sp³-hybridized carbons (Fsp3) is 0.0455. The average Bonchev–Trinajstić information content (AvgIpc) is 3.16. The lowest BCUT2D eigenvalue weighted by atomic mass is 10.0. The van der Waals surface area contributed by atoms with Crippen molar-refractivity contribution >= 4 is 33.9 Å². The molecule has 0 spiro atoms. The Morgan fingerprint density at radius 3 is 2.57 bits per heavy atom. The molecule has 0 aliphatic carbocycles. The second-order valence-electron chi connectivity index (χ2n) is 6.74. The maximum Gasteiger partial charge on any atom is 0.279 e. The number of benzene rings is 3. The number of hydrogen-bond acceptors (Lipinski definition) is 2. The molecule has 0 radical (unpaired) electrons. The first-order valence-electron chi connectivity index (χ1n) is 8.77. The molecule has 5 nitrogen and oxygen atoms in total. The van der Waals surface area contributed by atoms with E-state index >= 15 is 0 Å². The number of fused-ring (bicyclic) bond motifs is 2. The lowest BCUT2D eigenvalue weighted by molar-refractivity contribution is -0.112. The molecular formula is C22H14ClN3O2. The second kappa shape index (κ2) is 6.04. The number of amides is 1. The van der Waals surface area contributed by atoms with E-state index in [0.717, 1.165) is 10.8 Å². The van der Waals surface area contributed by atoms with Crippen LogP contribution in [0.2, 0.25) is 5.02 Å². The Bertz CT molecular complexity index is 1480. The number of nitrogens with zero attached hydrogens (tertiary/aromatic N) is 2. The quantitative estimate of drug-likeness (QED) is 0.574. The van der Waals surface area contributed by atoms with Gasteiger partial charge in [-0.1, -0.05) is 41.9 Å². The Kier molecular flexibility index (Phi) is 3.60. The van der Waals surface area contributed by atoms with Gasteiger partial charge in [0, 0.05) is 15.9 Å². The molecule has 136 valence electrons. The number of rotatable bonds is 2. The van der Waals surface area contributed by atoms with E-state index in [1.165, 1.54) is 4.68 Å². The number of carbonyl (C=O) groups is 1. The summed E-state index contributed by atoms with van der Waals surface area (Å²) in [5, 5.41) is 6.81. The van der Waals surface area contributed by atoms with Crippen LogP contribution in [-0.4, -0.2) is 15.7 Å². The van der Waals surface area contributed by atoms with Crippen molar-refractivity contribution in [2.45, 2.75) is 6.92 Å². The molecule has 1 aromatic heterocycles. The fourth-order valence-corrected chi connectivity index (χ4v) is 3.84. The molecule has 0 bridgehead atoms. The predicted molar refractivity (Wildman–Crippen MR) is 108 cm³/mol. The van der Waals surface area contributed by atoms with Gasteiger partial charge in [0.25, 0.3) is 11.5 Å². The van der Waals surface area contributed by atoms with E-state index in [-0.39, 0.29) is 11.1 Å². The zero-order valence-electron chi connectivity index (χ0n) is 14.9. The first-order valence-corrected chi connectivity index (χ1v) is 9.15. The Labute approximate surface area is 164 Å². The molecule has 1 aliphatic heterocycles. The number of aromatic nitrogens is 2. The molecule has 1 aliphatic rings. The summed E-state index contributed by atoms with van der Waals surface area (Å²) >= 11 is 6.10. The summed E-state index contributed by atoms with van der Waals surface area (Å²) in [4.78, 5) is 29.9. The van der Waals surface area contributed by atoms with Crippen molar-refractivity contribution < 1.29 is 4.79 Å². The molecule has 1 N–H and O–H groups in total. The van der Waals surface area contributed by atoms with Crippen LogP contribution in [0, 0.1) is 6.92 Å². The molecule has 0 saturated carbocycles. The van der Waals surface area contributed by atoms with Crippen LogP contribution in [0.5, 0.6) is 0 Å². The van der Waals surface area contributed by atoms with E-state index in [2.05, 4.69) is 10.1 Å². The normalized spacial score (nSPS) is 13.1. The molecule has 0 unspecified atom stereocenters. The molecule has 3 aromatic carbocycles. The van der Waals surface area contributed by atoms with Crippen molar-refractivity contribution in [3.05, 3.63) is 97.9 Å². The Hall–Kier alpha value is -3.44. The van der Waals surface area contributed by atoms with Crippen LogP contribution in [0.15, 0.2) is 70.5 Å².